The number of aromatic nitrogens is 1. The van der Waals surface area contributed by atoms with Gasteiger partial charge < -0.3 is 14.2 Å². The van der Waals surface area contributed by atoms with E-state index < -0.39 is 0 Å². The molecule has 4 heteroatoms. The van der Waals surface area contributed by atoms with Crippen LogP contribution in [0.5, 0.6) is 5.75 Å². The lowest BCUT2D eigenvalue weighted by molar-refractivity contribution is 0.268. The fourth-order valence-corrected chi connectivity index (χ4v) is 10.5. The molecule has 2 atom stereocenters. The summed E-state index contributed by atoms with van der Waals surface area (Å²) in [5.74, 6) is 1.10. The van der Waals surface area contributed by atoms with Crippen molar-refractivity contribution in [2.24, 2.45) is 0 Å². The summed E-state index contributed by atoms with van der Waals surface area (Å²) in [7, 11) is 0. The number of rotatable bonds is 6. The molecule has 2 unspecified atom stereocenters. The molecule has 0 spiro atoms. The topological polar surface area (TPSA) is 17.4 Å². The number of nitrogens with zero attached hydrogens (tertiary/aromatic N) is 2. The Morgan fingerprint density at radius 1 is 0.517 bits per heavy atom. The molecule has 0 fully saturated rings. The van der Waals surface area contributed by atoms with Crippen molar-refractivity contribution in [3.8, 4) is 33.7 Å². The average molecular weight is 761 g/mol. The van der Waals surface area contributed by atoms with Gasteiger partial charge in [-0.1, -0.05) is 146 Å². The molecule has 0 bridgehead atoms. The lowest BCUT2D eigenvalue weighted by Gasteiger charge is -2.30. The third-order valence-electron chi connectivity index (χ3n) is 11.9. The predicted molar refractivity (Wildman–Crippen MR) is 244 cm³/mol. The zero-order chi connectivity index (χ0) is 38.2. The monoisotopic (exact) mass is 760 g/mol. The van der Waals surface area contributed by atoms with Crippen LogP contribution in [0.1, 0.15) is 11.5 Å². The molecule has 0 N–H and O–H groups in total. The highest BCUT2D eigenvalue weighted by atomic mass is 32.1. The Kier molecular flexibility index (Phi) is 7.54. The summed E-state index contributed by atoms with van der Waals surface area (Å²) in [6, 6.07) is 68.3. The maximum Gasteiger partial charge on any atom is 0.128 e. The van der Waals surface area contributed by atoms with Crippen LogP contribution < -0.4 is 9.64 Å². The second kappa shape index (κ2) is 13.2. The van der Waals surface area contributed by atoms with Crippen LogP contribution in [0.2, 0.25) is 0 Å². The number of hydrogen-bond donors (Lipinski definition) is 0. The fourth-order valence-electron chi connectivity index (χ4n) is 9.34. The molecular weight excluding hydrogens is 725 g/mol. The highest BCUT2D eigenvalue weighted by Crippen LogP contribution is 2.48. The lowest BCUT2D eigenvalue weighted by Crippen LogP contribution is -2.23. The van der Waals surface area contributed by atoms with Gasteiger partial charge in [-0.3, -0.25) is 0 Å². The Bertz CT molecular complexity index is 3230. The molecule has 3 nitrogen and oxygen atoms in total. The minimum atomic E-state index is -0.0124. The molecule has 12 rings (SSSR count). The quantitative estimate of drug-likeness (QED) is 0.168. The van der Waals surface area contributed by atoms with Gasteiger partial charge in [0.25, 0.3) is 0 Å². The minimum absolute atomic E-state index is 0.0124. The van der Waals surface area contributed by atoms with E-state index in [1.54, 1.807) is 0 Å². The molecule has 58 heavy (non-hydrogen) atoms. The Morgan fingerprint density at radius 3 is 1.91 bits per heavy atom. The van der Waals surface area contributed by atoms with Crippen LogP contribution in [0.15, 0.2) is 212 Å². The molecule has 8 aromatic carbocycles. The molecule has 0 amide bonds. The van der Waals surface area contributed by atoms with Gasteiger partial charge in [-0.2, -0.15) is 0 Å². The average Bonchev–Trinajstić information content (AvgIpc) is 3.97. The van der Waals surface area contributed by atoms with E-state index in [0.717, 1.165) is 22.7 Å². The third kappa shape index (κ3) is 5.12. The van der Waals surface area contributed by atoms with Crippen LogP contribution in [-0.2, 0) is 0 Å². The normalized spacial score (nSPS) is 15.8. The standard InChI is InChI=1S/C54H36N2OS/c1-2-14-35(15-3-1)39-20-12-21-40(53(39)56-47-23-8-4-16-41(47)42-17-5-9-24-48(42)56)36-28-30-37(31-29-36)55(38-32-33-51-46(34-38)43-18-6-10-26-50(43)57-51)49-25-13-22-45-44-19-7-11-27-52(44)58-54(45)49/h1-34,46,51H. The van der Waals surface area contributed by atoms with Gasteiger partial charge in [0.2, 0.25) is 0 Å². The molecule has 10 aromatic rings. The first-order valence-electron chi connectivity index (χ1n) is 19.9. The smallest absolute Gasteiger partial charge is 0.128 e. The summed E-state index contributed by atoms with van der Waals surface area (Å²) in [6.45, 7) is 0. The van der Waals surface area contributed by atoms with Gasteiger partial charge in [0.15, 0.2) is 0 Å². The number of benzene rings is 8. The van der Waals surface area contributed by atoms with Gasteiger partial charge in [0.1, 0.15) is 11.9 Å². The summed E-state index contributed by atoms with van der Waals surface area (Å²) < 4.78 is 11.5. The zero-order valence-electron chi connectivity index (χ0n) is 31.5. The van der Waals surface area contributed by atoms with E-state index in [-0.39, 0.29) is 12.0 Å². The predicted octanol–water partition coefficient (Wildman–Crippen LogP) is 14.6. The Labute approximate surface area is 340 Å². The Balaban J connectivity index is 1.06. The van der Waals surface area contributed by atoms with Crippen molar-refractivity contribution in [3.05, 3.63) is 218 Å². The van der Waals surface area contributed by atoms with E-state index in [1.807, 2.05) is 11.3 Å². The number of para-hydroxylation sites is 4. The number of fused-ring (bicyclic) bond motifs is 9. The first-order valence-corrected chi connectivity index (χ1v) is 20.7. The zero-order valence-corrected chi connectivity index (χ0v) is 32.3. The van der Waals surface area contributed by atoms with Crippen LogP contribution >= 0.6 is 11.3 Å². The van der Waals surface area contributed by atoms with Crippen LogP contribution in [-0.4, -0.2) is 10.7 Å². The highest BCUT2D eigenvalue weighted by Gasteiger charge is 2.34. The lowest BCUT2D eigenvalue weighted by atomic mass is 9.90. The maximum absolute atomic E-state index is 6.41. The summed E-state index contributed by atoms with van der Waals surface area (Å²) in [4.78, 5) is 2.45. The van der Waals surface area contributed by atoms with Crippen LogP contribution in [0.25, 0.3) is 69.9 Å². The minimum Gasteiger partial charge on any atom is -0.485 e. The molecular formula is C54H36N2OS. The molecule has 1 aliphatic carbocycles. The highest BCUT2D eigenvalue weighted by molar-refractivity contribution is 7.26. The number of hydrogen-bond acceptors (Lipinski definition) is 3. The molecule has 1 aliphatic heterocycles. The van der Waals surface area contributed by atoms with E-state index in [4.69, 9.17) is 4.74 Å². The summed E-state index contributed by atoms with van der Waals surface area (Å²) in [5.41, 5.74) is 12.9. The van der Waals surface area contributed by atoms with E-state index in [1.165, 1.54) is 75.6 Å². The van der Waals surface area contributed by atoms with Gasteiger partial charge in [0.05, 0.1) is 27.1 Å². The SMILES string of the molecule is C1=CC2Oc3ccccc3C2C=C1N(c1ccc(-c2cccc(-c3ccccc3)c2-n2c3ccccc3c3ccccc32)cc1)c1cccc2c1sc1ccccc12. The van der Waals surface area contributed by atoms with Gasteiger partial charge in [0, 0.05) is 60.2 Å². The van der Waals surface area contributed by atoms with Gasteiger partial charge in [-0.15, -0.1) is 11.3 Å². The van der Waals surface area contributed by atoms with Crippen molar-refractivity contribution < 1.29 is 4.74 Å². The molecule has 2 aliphatic rings. The largest absolute Gasteiger partial charge is 0.485 e. The number of anilines is 2. The number of allylic oxidation sites excluding steroid dienone is 1. The van der Waals surface area contributed by atoms with Gasteiger partial charge in [-0.05, 0) is 71.8 Å². The third-order valence-corrected chi connectivity index (χ3v) is 13.2. The first-order chi connectivity index (χ1) is 28.8. The van der Waals surface area contributed by atoms with Crippen molar-refractivity contribution in [2.45, 2.75) is 12.0 Å². The number of ether oxygens (including phenoxy) is 1. The van der Waals surface area contributed by atoms with Crippen LogP contribution in [0.4, 0.5) is 11.4 Å². The van der Waals surface area contributed by atoms with E-state index in [0.29, 0.717) is 0 Å². The molecule has 3 heterocycles. The van der Waals surface area contributed by atoms with E-state index >= 15 is 0 Å². The summed E-state index contributed by atoms with van der Waals surface area (Å²) in [6.07, 6.45) is 6.87. The molecule has 0 saturated heterocycles. The molecule has 2 aromatic heterocycles. The Hall–Kier alpha value is -7.14. The van der Waals surface area contributed by atoms with Crippen molar-refractivity contribution in [1.82, 2.24) is 4.57 Å². The Morgan fingerprint density at radius 2 is 1.14 bits per heavy atom. The first kappa shape index (κ1) is 33.0. The van der Waals surface area contributed by atoms with Gasteiger partial charge >= 0.3 is 0 Å². The fraction of sp³-hybridized carbons (Fsp3) is 0.0370. The van der Waals surface area contributed by atoms with Crippen LogP contribution in [0.3, 0.4) is 0 Å². The maximum atomic E-state index is 6.41. The second-order valence-electron chi connectivity index (χ2n) is 15.2. The summed E-state index contributed by atoms with van der Waals surface area (Å²) >= 11 is 1.86. The van der Waals surface area contributed by atoms with E-state index in [9.17, 15) is 0 Å². The van der Waals surface area contributed by atoms with Crippen molar-refractivity contribution >= 4 is 64.7 Å². The second-order valence-corrected chi connectivity index (χ2v) is 16.2. The van der Waals surface area contributed by atoms with E-state index in [2.05, 4.69) is 216 Å². The van der Waals surface area contributed by atoms with Crippen molar-refractivity contribution in [1.29, 1.82) is 0 Å². The molecule has 0 radical (unpaired) electrons. The van der Waals surface area contributed by atoms with Crippen molar-refractivity contribution in [3.63, 3.8) is 0 Å². The molecule has 0 saturated carbocycles. The van der Waals surface area contributed by atoms with Crippen molar-refractivity contribution in [2.75, 3.05) is 4.90 Å². The summed E-state index contributed by atoms with van der Waals surface area (Å²) in [5, 5.41) is 5.07. The molecule has 274 valence electrons. The van der Waals surface area contributed by atoms with Gasteiger partial charge in [-0.25, -0.2) is 0 Å². The van der Waals surface area contributed by atoms with Crippen LogP contribution in [0, 0.1) is 0 Å². The number of thiophene rings is 1.